The Hall–Kier alpha value is -3.71. The van der Waals surface area contributed by atoms with Crippen LogP contribution in [0.25, 0.3) is 22.4 Å². The van der Waals surface area contributed by atoms with E-state index in [-0.39, 0.29) is 6.16 Å². The highest BCUT2D eigenvalue weighted by molar-refractivity contribution is 7.52. The van der Waals surface area contributed by atoms with Gasteiger partial charge in [0, 0.05) is 19.8 Å². The monoisotopic (exact) mass is 520 g/mol. The minimum atomic E-state index is -3.12. The first kappa shape index (κ1) is 26.4. The average Bonchev–Trinajstić information content (AvgIpc) is 3.29. The van der Waals surface area contributed by atoms with Gasteiger partial charge in [-0.3, -0.25) is 9.88 Å². The summed E-state index contributed by atoms with van der Waals surface area (Å²) in [6, 6.07) is 25.0. The molecule has 37 heavy (non-hydrogen) atoms. The van der Waals surface area contributed by atoms with Crippen molar-refractivity contribution in [2.75, 3.05) is 19.5 Å². The molecule has 8 nitrogen and oxygen atoms in total. The van der Waals surface area contributed by atoms with Crippen molar-refractivity contribution in [3.63, 3.8) is 0 Å². The maximum atomic E-state index is 12.6. The molecule has 0 saturated heterocycles. The van der Waals surface area contributed by atoms with E-state index < -0.39 is 19.8 Å². The highest BCUT2D eigenvalue weighted by Gasteiger charge is 2.22. The second-order valence-electron chi connectivity index (χ2n) is 8.45. The molecule has 0 bridgehead atoms. The molecule has 1 aromatic heterocycles. The van der Waals surface area contributed by atoms with Gasteiger partial charge in [0.25, 0.3) is 0 Å². The van der Waals surface area contributed by atoms with Gasteiger partial charge >= 0.3 is 13.7 Å². The first-order valence-electron chi connectivity index (χ1n) is 11.7. The van der Waals surface area contributed by atoms with E-state index in [0.29, 0.717) is 17.1 Å². The second kappa shape index (κ2) is 11.6. The number of carbonyl (C=O) groups excluding carboxylic acids is 1. The first-order chi connectivity index (χ1) is 17.8. The number of nitrogens with one attached hydrogen (secondary N) is 1. The number of hydrogen-bond donors (Lipinski definition) is 1. The van der Waals surface area contributed by atoms with Crippen LogP contribution in [-0.2, 0) is 24.5 Å². The van der Waals surface area contributed by atoms with Crippen LogP contribution in [0.2, 0.25) is 0 Å². The Bertz CT molecular complexity index is 1380. The van der Waals surface area contributed by atoms with Gasteiger partial charge in [0.15, 0.2) is 5.76 Å². The van der Waals surface area contributed by atoms with Gasteiger partial charge < -0.3 is 18.3 Å². The minimum absolute atomic E-state index is 0.201. The molecule has 0 saturated carbocycles. The summed E-state index contributed by atoms with van der Waals surface area (Å²) in [4.78, 5) is 12.6. The van der Waals surface area contributed by atoms with Crippen LogP contribution in [0, 0.1) is 6.92 Å². The molecule has 3 aromatic carbocycles. The lowest BCUT2D eigenvalue weighted by atomic mass is 10.0. The molecule has 0 aliphatic rings. The molecular weight excluding hydrogens is 491 g/mol. The van der Waals surface area contributed by atoms with Crippen molar-refractivity contribution in [1.29, 1.82) is 0 Å². The molecule has 0 unspecified atom stereocenters. The summed E-state index contributed by atoms with van der Waals surface area (Å²) in [7, 11) is -0.361. The number of hydrogen-bond acceptors (Lipinski definition) is 7. The number of ether oxygens (including phenoxy) is 1. The molecule has 0 aliphatic carbocycles. The summed E-state index contributed by atoms with van der Waals surface area (Å²) in [5.41, 5.74) is 5.49. The fourth-order valence-electron chi connectivity index (χ4n) is 3.85. The summed E-state index contributed by atoms with van der Waals surface area (Å²) < 4.78 is 33.3. The van der Waals surface area contributed by atoms with Crippen molar-refractivity contribution in [2.45, 2.75) is 26.1 Å². The topological polar surface area (TPSA) is 99.9 Å². The van der Waals surface area contributed by atoms with E-state index in [9.17, 15) is 9.36 Å². The fourth-order valence-corrected chi connectivity index (χ4v) is 4.92. The predicted octanol–water partition coefficient (Wildman–Crippen LogP) is 7.61. The van der Waals surface area contributed by atoms with Gasteiger partial charge in [-0.1, -0.05) is 84.0 Å². The lowest BCUT2D eigenvalue weighted by molar-refractivity contribution is 0.121. The Balaban J connectivity index is 1.46. The zero-order chi connectivity index (χ0) is 26.4. The zero-order valence-electron chi connectivity index (χ0n) is 21.1. The van der Waals surface area contributed by atoms with Crippen LogP contribution in [0.1, 0.15) is 29.9 Å². The minimum Gasteiger partial charge on any atom is -0.441 e. The second-order valence-corrected chi connectivity index (χ2v) is 10.7. The molecule has 9 heteroatoms. The molecule has 4 rings (SSSR count). The van der Waals surface area contributed by atoms with Gasteiger partial charge in [-0.2, -0.15) is 0 Å². The van der Waals surface area contributed by atoms with Crippen LogP contribution in [0.5, 0.6) is 0 Å². The number of carbonyl (C=O) groups is 1. The molecule has 1 amide bonds. The third kappa shape index (κ3) is 6.35. The van der Waals surface area contributed by atoms with Crippen molar-refractivity contribution >= 4 is 19.4 Å². The molecule has 1 atom stereocenters. The SMILES string of the molecule is COP(=O)(Cc1ccc(-c2ccc(-c3noc(C)c3NC(=O)O[C@H](C)c3ccccc3)cc2)cc1)OC. The molecule has 0 radical (unpaired) electrons. The van der Waals surface area contributed by atoms with Crippen LogP contribution in [0.4, 0.5) is 10.5 Å². The lowest BCUT2D eigenvalue weighted by Crippen LogP contribution is -2.16. The van der Waals surface area contributed by atoms with Gasteiger partial charge in [-0.25, -0.2) is 4.79 Å². The van der Waals surface area contributed by atoms with E-state index in [1.807, 2.05) is 85.8 Å². The van der Waals surface area contributed by atoms with Crippen molar-refractivity contribution in [3.8, 4) is 22.4 Å². The summed E-state index contributed by atoms with van der Waals surface area (Å²) >= 11 is 0. The van der Waals surface area contributed by atoms with Gasteiger partial charge in [-0.05, 0) is 36.1 Å². The molecule has 0 aliphatic heterocycles. The van der Waals surface area contributed by atoms with E-state index in [0.717, 1.165) is 27.8 Å². The number of benzene rings is 3. The van der Waals surface area contributed by atoms with Crippen LogP contribution >= 0.6 is 7.60 Å². The van der Waals surface area contributed by atoms with E-state index in [2.05, 4.69) is 10.5 Å². The van der Waals surface area contributed by atoms with E-state index in [1.165, 1.54) is 14.2 Å². The molecule has 1 heterocycles. The maximum Gasteiger partial charge on any atom is 0.412 e. The Labute approximate surface area is 216 Å². The van der Waals surface area contributed by atoms with Crippen LogP contribution in [0.3, 0.4) is 0 Å². The van der Waals surface area contributed by atoms with Gasteiger partial charge in [0.05, 0.1) is 6.16 Å². The average molecular weight is 521 g/mol. The molecule has 0 spiro atoms. The summed E-state index contributed by atoms with van der Waals surface area (Å²) in [6.45, 7) is 3.55. The lowest BCUT2D eigenvalue weighted by Gasteiger charge is -2.14. The van der Waals surface area contributed by atoms with Crippen molar-refractivity contribution in [1.82, 2.24) is 5.16 Å². The summed E-state index contributed by atoms with van der Waals surface area (Å²) in [5.74, 6) is 0.475. The number of rotatable bonds is 9. The third-order valence-electron chi connectivity index (χ3n) is 6.02. The van der Waals surface area contributed by atoms with E-state index >= 15 is 0 Å². The number of nitrogens with zero attached hydrogens (tertiary/aromatic N) is 1. The van der Waals surface area contributed by atoms with Crippen molar-refractivity contribution < 1.29 is 27.7 Å². The standard InChI is InChI=1S/C28H29N2O6P/c1-19(22-8-6-5-7-9-22)35-28(31)29-26-20(2)36-30-27(26)25-16-14-24(15-17-25)23-12-10-21(11-13-23)18-37(32,33-3)34-4/h5-17,19H,18H2,1-4H3,(H,29,31)/t19-/m1/s1. The third-order valence-corrected chi connectivity index (χ3v) is 7.89. The number of amides is 1. The Morgan fingerprint density at radius 1 is 0.919 bits per heavy atom. The van der Waals surface area contributed by atoms with Gasteiger partial charge in [0.2, 0.25) is 0 Å². The summed E-state index contributed by atoms with van der Waals surface area (Å²) in [6.07, 6.45) is -0.800. The van der Waals surface area contributed by atoms with Crippen molar-refractivity contribution in [2.24, 2.45) is 0 Å². The van der Waals surface area contributed by atoms with Gasteiger partial charge in [0.1, 0.15) is 17.5 Å². The molecule has 192 valence electrons. The zero-order valence-corrected chi connectivity index (χ0v) is 22.0. The smallest absolute Gasteiger partial charge is 0.412 e. The summed E-state index contributed by atoms with van der Waals surface area (Å²) in [5, 5.41) is 6.92. The number of aromatic nitrogens is 1. The molecule has 4 aromatic rings. The normalized spacial score (nSPS) is 12.2. The highest BCUT2D eigenvalue weighted by atomic mass is 31.2. The molecule has 1 N–H and O–H groups in total. The predicted molar refractivity (Wildman–Crippen MR) is 142 cm³/mol. The Morgan fingerprint density at radius 3 is 2.08 bits per heavy atom. The first-order valence-corrected chi connectivity index (χ1v) is 13.4. The van der Waals surface area contributed by atoms with E-state index in [1.54, 1.807) is 6.92 Å². The van der Waals surface area contributed by atoms with Gasteiger partial charge in [-0.15, -0.1) is 0 Å². The van der Waals surface area contributed by atoms with Crippen LogP contribution in [0.15, 0.2) is 83.4 Å². The Kier molecular flexibility index (Phi) is 8.24. The van der Waals surface area contributed by atoms with Crippen molar-refractivity contribution in [3.05, 3.63) is 95.7 Å². The molecule has 0 fully saturated rings. The molecular formula is C28H29N2O6P. The fraction of sp³-hybridized carbons (Fsp3) is 0.214. The number of aryl methyl sites for hydroxylation is 1. The van der Waals surface area contributed by atoms with Crippen LogP contribution in [-0.4, -0.2) is 25.5 Å². The van der Waals surface area contributed by atoms with E-state index in [4.69, 9.17) is 18.3 Å². The van der Waals surface area contributed by atoms with Crippen LogP contribution < -0.4 is 5.32 Å². The largest absolute Gasteiger partial charge is 0.441 e. The highest BCUT2D eigenvalue weighted by Crippen LogP contribution is 2.49. The maximum absolute atomic E-state index is 12.6. The Morgan fingerprint density at radius 2 is 1.49 bits per heavy atom. The number of anilines is 1. The quantitative estimate of drug-likeness (QED) is 0.227.